The van der Waals surface area contributed by atoms with Gasteiger partial charge in [0.15, 0.2) is 0 Å². The van der Waals surface area contributed by atoms with Crippen molar-refractivity contribution in [2.45, 2.75) is 0 Å². The van der Waals surface area contributed by atoms with Crippen molar-refractivity contribution in [2.24, 2.45) is 0 Å². The number of rotatable bonds is 4. The summed E-state index contributed by atoms with van der Waals surface area (Å²) in [5.41, 5.74) is 10.8. The average Bonchev–Trinajstić information content (AvgIpc) is 3.33. The summed E-state index contributed by atoms with van der Waals surface area (Å²) in [6, 6.07) is 79.8. The lowest BCUT2D eigenvalue weighted by molar-refractivity contribution is 1.41. The lowest BCUT2D eigenvalue weighted by Crippen LogP contribution is -1.94. The molecule has 0 unspecified atom stereocenters. The van der Waals surface area contributed by atoms with Crippen molar-refractivity contribution >= 4 is 86.4 Å². The second-order valence-corrected chi connectivity index (χ2v) is 16.6. The van der Waals surface area contributed by atoms with Crippen LogP contribution in [0.3, 0.4) is 0 Å². The molecule has 0 aliphatic carbocycles. The first-order valence-electron chi connectivity index (χ1n) is 21.3. The molecule has 11 aromatic carbocycles. The van der Waals surface area contributed by atoms with Crippen molar-refractivity contribution in [3.05, 3.63) is 218 Å². The van der Waals surface area contributed by atoms with Crippen molar-refractivity contribution < 1.29 is 0 Å². The number of hydrogen-bond donors (Lipinski definition) is 0. The predicted octanol–water partition coefficient (Wildman–Crippen LogP) is 16.4. The monoisotopic (exact) mass is 784 g/mol. The van der Waals surface area contributed by atoms with Crippen LogP contribution < -0.4 is 0 Å². The predicted molar refractivity (Wildman–Crippen MR) is 264 cm³/mol. The minimum absolute atomic E-state index is 0.952. The molecule has 13 aromatic rings. The zero-order chi connectivity index (χ0) is 40.7. The van der Waals surface area contributed by atoms with Crippen LogP contribution in [0.1, 0.15) is 0 Å². The summed E-state index contributed by atoms with van der Waals surface area (Å²) in [4.78, 5) is 10.6. The van der Waals surface area contributed by atoms with Gasteiger partial charge in [0, 0.05) is 21.9 Å². The maximum atomic E-state index is 5.31. The highest BCUT2D eigenvalue weighted by atomic mass is 14.7. The highest BCUT2D eigenvalue weighted by molar-refractivity contribution is 6.23. The molecule has 2 heterocycles. The van der Waals surface area contributed by atoms with E-state index in [2.05, 4.69) is 218 Å². The maximum Gasteiger partial charge on any atom is 0.0715 e. The fraction of sp³-hybridized carbons (Fsp3) is 0. The Morgan fingerprint density at radius 1 is 0.210 bits per heavy atom. The van der Waals surface area contributed by atoms with E-state index in [-0.39, 0.29) is 0 Å². The molecule has 2 heteroatoms. The molecule has 0 aliphatic rings. The normalized spacial score (nSPS) is 11.9. The molecule has 0 radical (unpaired) electrons. The van der Waals surface area contributed by atoms with Crippen LogP contribution in [0.25, 0.3) is 131 Å². The lowest BCUT2D eigenvalue weighted by Gasteiger charge is -2.20. The fourth-order valence-corrected chi connectivity index (χ4v) is 9.80. The Morgan fingerprint density at radius 2 is 0.548 bits per heavy atom. The highest BCUT2D eigenvalue weighted by Gasteiger charge is 2.20. The molecular weight excluding hydrogens is 749 g/mol. The van der Waals surface area contributed by atoms with Crippen LogP contribution >= 0.6 is 0 Å². The molecule has 286 valence electrons. The van der Waals surface area contributed by atoms with E-state index in [0.29, 0.717) is 0 Å². The largest absolute Gasteiger partial charge is 0.248 e. The van der Waals surface area contributed by atoms with Crippen molar-refractivity contribution in [3.8, 4) is 44.8 Å². The van der Waals surface area contributed by atoms with Crippen LogP contribution in [-0.2, 0) is 0 Å². The smallest absolute Gasteiger partial charge is 0.0715 e. The number of benzene rings is 11. The molecule has 62 heavy (non-hydrogen) atoms. The summed E-state index contributed by atoms with van der Waals surface area (Å²) >= 11 is 0. The van der Waals surface area contributed by atoms with Crippen LogP contribution in [0.2, 0.25) is 0 Å². The average molecular weight is 785 g/mol. The van der Waals surface area contributed by atoms with E-state index in [1.54, 1.807) is 0 Å². The number of aromatic nitrogens is 2. The Kier molecular flexibility index (Phi) is 7.64. The maximum absolute atomic E-state index is 5.31. The number of pyridine rings is 2. The van der Waals surface area contributed by atoms with Crippen molar-refractivity contribution in [1.82, 2.24) is 9.97 Å². The van der Waals surface area contributed by atoms with Gasteiger partial charge < -0.3 is 0 Å². The van der Waals surface area contributed by atoms with E-state index in [1.807, 2.05) is 0 Å². The van der Waals surface area contributed by atoms with E-state index in [0.717, 1.165) is 44.3 Å². The summed E-state index contributed by atoms with van der Waals surface area (Å²) in [5, 5.41) is 16.8. The minimum atomic E-state index is 0.952. The number of fused-ring (bicyclic) bond motifs is 8. The first-order chi connectivity index (χ1) is 30.7. The molecule has 2 aromatic heterocycles. The van der Waals surface area contributed by atoms with Gasteiger partial charge in [0.05, 0.1) is 22.4 Å². The van der Waals surface area contributed by atoms with Crippen molar-refractivity contribution in [1.29, 1.82) is 0 Å². The Labute approximate surface area is 358 Å². The first kappa shape index (κ1) is 34.6. The van der Waals surface area contributed by atoms with Crippen LogP contribution in [0.15, 0.2) is 218 Å². The molecule has 0 saturated carbocycles. The number of hydrogen-bond acceptors (Lipinski definition) is 2. The van der Waals surface area contributed by atoms with Crippen molar-refractivity contribution in [2.75, 3.05) is 0 Å². The molecule has 13 rings (SSSR count). The Bertz CT molecular complexity index is 3810. The Morgan fingerprint density at radius 3 is 0.984 bits per heavy atom. The van der Waals surface area contributed by atoms with Gasteiger partial charge in [-0.2, -0.15) is 0 Å². The Balaban J connectivity index is 1.11. The molecule has 0 fully saturated rings. The second kappa shape index (κ2) is 13.7. The lowest BCUT2D eigenvalue weighted by atomic mass is 9.83. The van der Waals surface area contributed by atoms with Crippen LogP contribution in [-0.4, -0.2) is 9.97 Å². The molecule has 0 atom stereocenters. The van der Waals surface area contributed by atoms with Crippen LogP contribution in [0, 0.1) is 0 Å². The topological polar surface area (TPSA) is 25.8 Å². The summed E-state index contributed by atoms with van der Waals surface area (Å²) in [7, 11) is 0. The van der Waals surface area contributed by atoms with Gasteiger partial charge >= 0.3 is 0 Å². The minimum Gasteiger partial charge on any atom is -0.248 e. The van der Waals surface area contributed by atoms with Crippen molar-refractivity contribution in [3.63, 3.8) is 0 Å². The Hall–Kier alpha value is -8.20. The van der Waals surface area contributed by atoms with Crippen LogP contribution in [0.5, 0.6) is 0 Å². The second-order valence-electron chi connectivity index (χ2n) is 16.6. The van der Waals surface area contributed by atoms with Gasteiger partial charge in [-0.15, -0.1) is 0 Å². The molecule has 0 amide bonds. The quantitative estimate of drug-likeness (QED) is 0.166. The first-order valence-corrected chi connectivity index (χ1v) is 21.3. The van der Waals surface area contributed by atoms with Gasteiger partial charge in [-0.05, 0) is 148 Å². The molecular formula is C60H36N2. The molecule has 0 saturated heterocycles. The molecule has 0 bridgehead atoms. The molecule has 2 nitrogen and oxygen atoms in total. The third-order valence-corrected chi connectivity index (χ3v) is 12.9. The van der Waals surface area contributed by atoms with Crippen LogP contribution in [0.4, 0.5) is 0 Å². The zero-order valence-corrected chi connectivity index (χ0v) is 33.7. The summed E-state index contributed by atoms with van der Waals surface area (Å²) in [6.07, 6.45) is 0. The van der Waals surface area contributed by atoms with Gasteiger partial charge in [0.1, 0.15) is 0 Å². The summed E-state index contributed by atoms with van der Waals surface area (Å²) in [6.45, 7) is 0. The van der Waals surface area contributed by atoms with Gasteiger partial charge in [-0.25, -0.2) is 9.97 Å². The standard InChI is InChI=1S/C60H36N2/c1-3-11-39-31-49(19-17-37(39)9-1)59-51-25-21-47(55-27-23-45-29-41-13-5-7-15-43(41)35-57(45)61-55)33-53(51)60(50-20-18-38-10-2-4-12-40(38)32-50)54-34-48(22-26-52(54)59)56-28-24-46-30-42-14-6-8-16-44(42)36-58(46)62-56/h1-36H. The molecule has 0 spiro atoms. The SMILES string of the molecule is c1ccc2cc(-c3c4ccc(-c5ccc6cc7ccccc7cc6n5)cc4c(-c4ccc5ccccc5c4)c4cc(-c5ccc6cc7ccccc7cc6n5)ccc34)ccc2c1. The van der Waals surface area contributed by atoms with Gasteiger partial charge in [0.2, 0.25) is 0 Å². The van der Waals surface area contributed by atoms with Gasteiger partial charge in [-0.1, -0.05) is 158 Å². The third-order valence-electron chi connectivity index (χ3n) is 12.9. The fourth-order valence-electron chi connectivity index (χ4n) is 9.80. The van der Waals surface area contributed by atoms with Gasteiger partial charge in [-0.3, -0.25) is 0 Å². The van der Waals surface area contributed by atoms with E-state index in [1.165, 1.54) is 86.9 Å². The van der Waals surface area contributed by atoms with E-state index < -0.39 is 0 Å². The molecule has 0 aliphatic heterocycles. The van der Waals surface area contributed by atoms with Gasteiger partial charge in [0.25, 0.3) is 0 Å². The van der Waals surface area contributed by atoms with E-state index >= 15 is 0 Å². The summed E-state index contributed by atoms with van der Waals surface area (Å²) < 4.78 is 0. The van der Waals surface area contributed by atoms with E-state index in [9.17, 15) is 0 Å². The third kappa shape index (κ3) is 5.65. The summed E-state index contributed by atoms with van der Waals surface area (Å²) in [5.74, 6) is 0. The zero-order valence-electron chi connectivity index (χ0n) is 33.7. The highest BCUT2D eigenvalue weighted by Crippen LogP contribution is 2.47. The molecule has 0 N–H and O–H groups in total. The van der Waals surface area contributed by atoms with E-state index in [4.69, 9.17) is 9.97 Å². The number of nitrogens with zero attached hydrogens (tertiary/aromatic N) is 2.